The Morgan fingerprint density at radius 1 is 1.30 bits per heavy atom. The number of carbonyl (C=O) groups is 1. The molecule has 0 bridgehead atoms. The molecular weight excluding hydrogens is 344 g/mol. The molecule has 0 aliphatic carbocycles. The average Bonchev–Trinajstić information content (AvgIpc) is 3.23. The van der Waals surface area contributed by atoms with E-state index in [-0.39, 0.29) is 12.0 Å². The van der Waals surface area contributed by atoms with E-state index in [1.165, 1.54) is 11.1 Å². The first kappa shape index (κ1) is 17.5. The highest BCUT2D eigenvalue weighted by Gasteiger charge is 2.26. The lowest BCUT2D eigenvalue weighted by Gasteiger charge is -2.22. The molecule has 0 radical (unpaired) electrons. The van der Waals surface area contributed by atoms with E-state index >= 15 is 0 Å². The zero-order valence-corrected chi connectivity index (χ0v) is 15.4. The van der Waals surface area contributed by atoms with Crippen LogP contribution in [0.15, 0.2) is 41.1 Å². The third-order valence-corrected chi connectivity index (χ3v) is 4.76. The lowest BCUT2D eigenvalue weighted by molar-refractivity contribution is 0.0383. The van der Waals surface area contributed by atoms with Gasteiger partial charge in [-0.25, -0.2) is 0 Å². The van der Waals surface area contributed by atoms with Gasteiger partial charge in [-0.2, -0.15) is 5.10 Å². The molecule has 1 unspecified atom stereocenters. The summed E-state index contributed by atoms with van der Waals surface area (Å²) in [6.45, 7) is 5.18. The SMILES string of the molecule is Cc1noc(C)c1C(=O)NCC1OCCc2cn(Cc3ccccc3)nc21. The molecule has 1 aliphatic rings. The summed E-state index contributed by atoms with van der Waals surface area (Å²) in [5, 5.41) is 11.5. The minimum atomic E-state index is -0.254. The molecule has 1 aromatic carbocycles. The first-order valence-electron chi connectivity index (χ1n) is 9.04. The Labute approximate surface area is 157 Å². The highest BCUT2D eigenvalue weighted by Crippen LogP contribution is 2.25. The van der Waals surface area contributed by atoms with Gasteiger partial charge in [-0.05, 0) is 31.4 Å². The van der Waals surface area contributed by atoms with E-state index < -0.39 is 0 Å². The molecule has 3 heterocycles. The summed E-state index contributed by atoms with van der Waals surface area (Å²) < 4.78 is 12.9. The molecule has 140 valence electrons. The predicted molar refractivity (Wildman–Crippen MR) is 98.5 cm³/mol. The summed E-state index contributed by atoms with van der Waals surface area (Å²) in [6, 6.07) is 10.2. The van der Waals surface area contributed by atoms with Gasteiger partial charge in [0.2, 0.25) is 0 Å². The molecule has 1 N–H and O–H groups in total. The van der Waals surface area contributed by atoms with Crippen LogP contribution in [0.25, 0.3) is 0 Å². The van der Waals surface area contributed by atoms with E-state index in [0.717, 1.165) is 12.1 Å². The van der Waals surface area contributed by atoms with E-state index in [9.17, 15) is 4.79 Å². The number of carbonyl (C=O) groups excluding carboxylic acids is 1. The molecule has 7 heteroatoms. The van der Waals surface area contributed by atoms with Crippen LogP contribution in [0.5, 0.6) is 0 Å². The zero-order valence-electron chi connectivity index (χ0n) is 15.4. The fourth-order valence-electron chi connectivity index (χ4n) is 3.42. The van der Waals surface area contributed by atoms with Crippen molar-refractivity contribution < 1.29 is 14.1 Å². The molecule has 0 spiro atoms. The average molecular weight is 366 g/mol. The second kappa shape index (κ2) is 7.36. The number of nitrogens with zero attached hydrogens (tertiary/aromatic N) is 3. The molecule has 27 heavy (non-hydrogen) atoms. The van der Waals surface area contributed by atoms with Crippen molar-refractivity contribution in [3.8, 4) is 0 Å². The van der Waals surface area contributed by atoms with Crippen molar-refractivity contribution in [2.45, 2.75) is 32.9 Å². The third kappa shape index (κ3) is 3.64. The Hall–Kier alpha value is -2.93. The van der Waals surface area contributed by atoms with Crippen molar-refractivity contribution in [1.29, 1.82) is 0 Å². The largest absolute Gasteiger partial charge is 0.370 e. The van der Waals surface area contributed by atoms with E-state index in [2.05, 4.69) is 28.8 Å². The van der Waals surface area contributed by atoms with Crippen LogP contribution in [-0.2, 0) is 17.7 Å². The number of aromatic nitrogens is 3. The van der Waals surface area contributed by atoms with Crippen molar-refractivity contribution in [2.24, 2.45) is 0 Å². The first-order valence-corrected chi connectivity index (χ1v) is 9.04. The van der Waals surface area contributed by atoms with Gasteiger partial charge in [0, 0.05) is 12.7 Å². The van der Waals surface area contributed by atoms with Crippen LogP contribution in [0.3, 0.4) is 0 Å². The van der Waals surface area contributed by atoms with Crippen LogP contribution in [0.4, 0.5) is 0 Å². The number of hydrogen-bond donors (Lipinski definition) is 1. The highest BCUT2D eigenvalue weighted by atomic mass is 16.5. The van der Waals surface area contributed by atoms with E-state index in [0.29, 0.717) is 36.7 Å². The minimum absolute atomic E-state index is 0.203. The van der Waals surface area contributed by atoms with Crippen molar-refractivity contribution in [1.82, 2.24) is 20.3 Å². The zero-order chi connectivity index (χ0) is 18.8. The number of aryl methyl sites for hydroxylation is 2. The highest BCUT2D eigenvalue weighted by molar-refractivity contribution is 5.96. The number of ether oxygens (including phenoxy) is 1. The van der Waals surface area contributed by atoms with Crippen LogP contribution < -0.4 is 5.32 Å². The van der Waals surface area contributed by atoms with Crippen molar-refractivity contribution in [3.05, 3.63) is 70.4 Å². The van der Waals surface area contributed by atoms with Gasteiger partial charge in [0.25, 0.3) is 5.91 Å². The maximum absolute atomic E-state index is 12.5. The maximum atomic E-state index is 12.5. The van der Waals surface area contributed by atoms with Gasteiger partial charge < -0.3 is 14.6 Å². The van der Waals surface area contributed by atoms with Crippen molar-refractivity contribution in [3.63, 3.8) is 0 Å². The number of hydrogen-bond acceptors (Lipinski definition) is 5. The van der Waals surface area contributed by atoms with Crippen LogP contribution in [0, 0.1) is 13.8 Å². The summed E-state index contributed by atoms with van der Waals surface area (Å²) >= 11 is 0. The smallest absolute Gasteiger partial charge is 0.256 e. The van der Waals surface area contributed by atoms with Crippen LogP contribution >= 0.6 is 0 Å². The molecule has 0 fully saturated rings. The fourth-order valence-corrected chi connectivity index (χ4v) is 3.42. The van der Waals surface area contributed by atoms with Gasteiger partial charge in [0.1, 0.15) is 17.4 Å². The summed E-state index contributed by atoms with van der Waals surface area (Å²) in [5.74, 6) is 0.313. The third-order valence-electron chi connectivity index (χ3n) is 4.76. The molecule has 3 aromatic rings. The van der Waals surface area contributed by atoms with Crippen LogP contribution in [-0.4, -0.2) is 34.0 Å². The maximum Gasteiger partial charge on any atom is 0.256 e. The molecule has 0 saturated carbocycles. The van der Waals surface area contributed by atoms with Gasteiger partial charge in [0.05, 0.1) is 24.5 Å². The molecule has 2 aromatic heterocycles. The van der Waals surface area contributed by atoms with Crippen molar-refractivity contribution in [2.75, 3.05) is 13.2 Å². The number of rotatable bonds is 5. The summed E-state index contributed by atoms with van der Waals surface area (Å²) in [7, 11) is 0. The number of nitrogens with one attached hydrogen (secondary N) is 1. The Morgan fingerprint density at radius 3 is 2.85 bits per heavy atom. The molecule has 7 nitrogen and oxygen atoms in total. The molecule has 0 saturated heterocycles. The van der Waals surface area contributed by atoms with Gasteiger partial charge >= 0.3 is 0 Å². The second-order valence-electron chi connectivity index (χ2n) is 6.74. The molecule has 4 rings (SSSR count). The van der Waals surface area contributed by atoms with Gasteiger partial charge in [-0.1, -0.05) is 35.5 Å². The summed E-state index contributed by atoms with van der Waals surface area (Å²) in [6.07, 6.45) is 2.65. The molecule has 1 aliphatic heterocycles. The minimum Gasteiger partial charge on any atom is -0.370 e. The second-order valence-corrected chi connectivity index (χ2v) is 6.74. The Kier molecular flexibility index (Phi) is 4.77. The van der Waals surface area contributed by atoms with Gasteiger partial charge in [-0.3, -0.25) is 9.48 Å². The lowest BCUT2D eigenvalue weighted by atomic mass is 10.1. The number of amides is 1. The topological polar surface area (TPSA) is 82.2 Å². The number of benzene rings is 1. The lowest BCUT2D eigenvalue weighted by Crippen LogP contribution is -2.32. The summed E-state index contributed by atoms with van der Waals surface area (Å²) in [4.78, 5) is 12.5. The fraction of sp³-hybridized carbons (Fsp3) is 0.350. The van der Waals surface area contributed by atoms with E-state index in [1.54, 1.807) is 13.8 Å². The predicted octanol–water partition coefficient (Wildman–Crippen LogP) is 2.58. The quantitative estimate of drug-likeness (QED) is 0.750. The molecule has 1 atom stereocenters. The standard InChI is InChI=1S/C20H22N4O3/c1-13-18(14(2)27-23-13)20(25)21-10-17-19-16(8-9-26-17)12-24(22-19)11-15-6-4-3-5-7-15/h3-7,12,17H,8-11H2,1-2H3,(H,21,25). The molecular formula is C20H22N4O3. The monoisotopic (exact) mass is 366 g/mol. The number of fused-ring (bicyclic) bond motifs is 1. The van der Waals surface area contributed by atoms with E-state index in [4.69, 9.17) is 14.4 Å². The Morgan fingerprint density at radius 2 is 2.11 bits per heavy atom. The Balaban J connectivity index is 1.46. The van der Waals surface area contributed by atoms with Crippen LogP contribution in [0.1, 0.15) is 44.7 Å². The van der Waals surface area contributed by atoms with E-state index in [1.807, 2.05) is 22.9 Å². The van der Waals surface area contributed by atoms with Gasteiger partial charge in [-0.15, -0.1) is 0 Å². The normalized spacial score (nSPS) is 16.1. The van der Waals surface area contributed by atoms with Crippen LogP contribution in [0.2, 0.25) is 0 Å². The summed E-state index contributed by atoms with van der Waals surface area (Å²) in [5.41, 5.74) is 4.34. The molecule has 1 amide bonds. The van der Waals surface area contributed by atoms with Gasteiger partial charge in [0.15, 0.2) is 0 Å². The van der Waals surface area contributed by atoms with Crippen molar-refractivity contribution >= 4 is 5.91 Å². The first-order chi connectivity index (χ1) is 13.1. The Bertz CT molecular complexity index is 926.